The van der Waals surface area contributed by atoms with Crippen molar-refractivity contribution in [3.8, 4) is 0 Å². The minimum absolute atomic E-state index is 0.0940. The summed E-state index contributed by atoms with van der Waals surface area (Å²) in [5.74, 6) is -0.489. The normalized spacial score (nSPS) is 11.3. The summed E-state index contributed by atoms with van der Waals surface area (Å²) in [6.45, 7) is 3.50. The van der Waals surface area contributed by atoms with E-state index in [1.54, 1.807) is 6.08 Å². The Morgan fingerprint density at radius 2 is 2.06 bits per heavy atom. The van der Waals surface area contributed by atoms with Gasteiger partial charge in [0.2, 0.25) is 0 Å². The first kappa shape index (κ1) is 15.0. The lowest BCUT2D eigenvalue weighted by molar-refractivity contribution is -0.138. The van der Waals surface area contributed by atoms with E-state index >= 15 is 0 Å². The maximum Gasteiger partial charge on any atom is 0.417 e. The van der Waals surface area contributed by atoms with Gasteiger partial charge in [0.25, 0.3) is 0 Å². The average molecular weight is 321 g/mol. The van der Waals surface area contributed by atoms with Gasteiger partial charge >= 0.3 is 6.18 Å². The topological polar surface area (TPSA) is 17.1 Å². The third-order valence-corrected chi connectivity index (χ3v) is 2.89. The van der Waals surface area contributed by atoms with Gasteiger partial charge in [-0.3, -0.25) is 4.79 Å². The zero-order valence-corrected chi connectivity index (χ0v) is 11.1. The zero-order chi connectivity index (χ0) is 13.8. The molecule has 1 aromatic carbocycles. The molecule has 0 spiro atoms. The summed E-state index contributed by atoms with van der Waals surface area (Å²) in [7, 11) is 0. The van der Waals surface area contributed by atoms with Crippen LogP contribution in [0.15, 0.2) is 35.3 Å². The van der Waals surface area contributed by atoms with E-state index in [2.05, 4.69) is 22.5 Å². The molecule has 0 saturated carbocycles. The smallest absolute Gasteiger partial charge is 0.294 e. The van der Waals surface area contributed by atoms with Crippen molar-refractivity contribution in [2.24, 2.45) is 0 Å². The van der Waals surface area contributed by atoms with Gasteiger partial charge in [-0.25, -0.2) is 0 Å². The highest BCUT2D eigenvalue weighted by atomic mass is 79.9. The second kappa shape index (κ2) is 6.18. The number of hydrogen-bond acceptors (Lipinski definition) is 1. The monoisotopic (exact) mass is 320 g/mol. The number of carbonyl (C=O) groups excluding carboxylic acids is 1. The van der Waals surface area contributed by atoms with Gasteiger partial charge in [-0.1, -0.05) is 22.0 Å². The molecular weight excluding hydrogens is 309 g/mol. The van der Waals surface area contributed by atoms with Crippen LogP contribution in [0, 0.1) is 0 Å². The highest BCUT2D eigenvalue weighted by molar-refractivity contribution is 9.10. The lowest BCUT2D eigenvalue weighted by Gasteiger charge is -2.12. The van der Waals surface area contributed by atoms with Gasteiger partial charge < -0.3 is 0 Å². The number of carbonyl (C=O) groups is 1. The Bertz CT molecular complexity index is 452. The minimum Gasteiger partial charge on any atom is -0.294 e. The van der Waals surface area contributed by atoms with Crippen LogP contribution in [-0.2, 0) is 6.18 Å². The van der Waals surface area contributed by atoms with Crippen molar-refractivity contribution in [2.75, 3.05) is 0 Å². The summed E-state index contributed by atoms with van der Waals surface area (Å²) in [5.41, 5.74) is -1.16. The number of allylic oxidation sites excluding steroid dienone is 1. The van der Waals surface area contributed by atoms with Crippen molar-refractivity contribution in [3.05, 3.63) is 46.5 Å². The molecule has 0 atom stereocenters. The van der Waals surface area contributed by atoms with E-state index in [1.165, 1.54) is 12.1 Å². The van der Waals surface area contributed by atoms with Gasteiger partial charge in [0, 0.05) is 16.5 Å². The van der Waals surface area contributed by atoms with Crippen molar-refractivity contribution in [3.63, 3.8) is 0 Å². The van der Waals surface area contributed by atoms with E-state index in [9.17, 15) is 18.0 Å². The van der Waals surface area contributed by atoms with Gasteiger partial charge in [0.15, 0.2) is 5.78 Å². The number of benzene rings is 1. The van der Waals surface area contributed by atoms with Gasteiger partial charge in [-0.2, -0.15) is 13.2 Å². The fourth-order valence-corrected chi connectivity index (χ4v) is 1.90. The summed E-state index contributed by atoms with van der Waals surface area (Å²) in [6.07, 6.45) is -1.66. The quantitative estimate of drug-likeness (QED) is 0.423. The van der Waals surface area contributed by atoms with Crippen molar-refractivity contribution < 1.29 is 18.0 Å². The summed E-state index contributed by atoms with van der Waals surface area (Å²) >= 11 is 2.98. The Morgan fingerprint density at radius 3 is 2.61 bits per heavy atom. The number of rotatable bonds is 5. The molecule has 0 fully saturated rings. The molecule has 1 aromatic rings. The van der Waals surface area contributed by atoms with Crippen LogP contribution in [0.1, 0.15) is 35.2 Å². The lowest BCUT2D eigenvalue weighted by Crippen LogP contribution is -2.13. The first-order valence-corrected chi connectivity index (χ1v) is 6.16. The molecule has 1 rings (SSSR count). The maximum absolute atomic E-state index is 12.8. The third kappa shape index (κ3) is 3.98. The highest BCUT2D eigenvalue weighted by Gasteiger charge is 2.35. The first-order valence-electron chi connectivity index (χ1n) is 5.37. The molecule has 0 aromatic heterocycles. The molecule has 1 nitrogen and oxygen atoms in total. The molecule has 0 aliphatic rings. The summed E-state index contributed by atoms with van der Waals surface area (Å²) < 4.78 is 38.7. The standard InChI is InChI=1S/C13H12BrF3O/c1-2-3-4-5-12(18)10-7-6-9(14)8-11(10)13(15,16)17/h2,6-8H,1,3-5H2. The molecule has 0 aliphatic carbocycles. The van der Waals surface area contributed by atoms with Crippen LogP contribution in [0.25, 0.3) is 0 Å². The van der Waals surface area contributed by atoms with Gasteiger partial charge in [0.05, 0.1) is 5.56 Å². The summed E-state index contributed by atoms with van der Waals surface area (Å²) in [4.78, 5) is 11.7. The van der Waals surface area contributed by atoms with Crippen molar-refractivity contribution >= 4 is 21.7 Å². The molecular formula is C13H12BrF3O. The SMILES string of the molecule is C=CCCCC(=O)c1ccc(Br)cc1C(F)(F)F. The van der Waals surface area contributed by atoms with Gasteiger partial charge in [-0.05, 0) is 31.0 Å². The molecule has 0 heterocycles. The molecule has 98 valence electrons. The molecule has 0 radical (unpaired) electrons. The number of halogens is 4. The first-order chi connectivity index (χ1) is 8.36. The Kier molecular flexibility index (Phi) is 5.14. The average Bonchev–Trinajstić information content (AvgIpc) is 2.28. The Labute approximate surface area is 112 Å². The molecule has 0 bridgehead atoms. The van der Waals surface area contributed by atoms with Crippen LogP contribution in [0.2, 0.25) is 0 Å². The maximum atomic E-state index is 12.8. The van der Waals surface area contributed by atoms with Gasteiger partial charge in [0.1, 0.15) is 0 Å². The number of Topliss-reactive ketones (excluding diaryl/α,β-unsaturated/α-hetero) is 1. The van der Waals surface area contributed by atoms with Crippen molar-refractivity contribution in [1.29, 1.82) is 0 Å². The van der Waals surface area contributed by atoms with Gasteiger partial charge in [-0.15, -0.1) is 6.58 Å². The van der Waals surface area contributed by atoms with E-state index < -0.39 is 17.5 Å². The summed E-state index contributed by atoms with van der Waals surface area (Å²) in [6, 6.07) is 3.58. The molecule has 0 aliphatic heterocycles. The van der Waals surface area contributed by atoms with E-state index in [4.69, 9.17) is 0 Å². The third-order valence-electron chi connectivity index (χ3n) is 2.40. The van der Waals surface area contributed by atoms with E-state index in [1.807, 2.05) is 0 Å². The van der Waals surface area contributed by atoms with Crippen LogP contribution in [-0.4, -0.2) is 5.78 Å². The van der Waals surface area contributed by atoms with Crippen LogP contribution < -0.4 is 0 Å². The number of alkyl halides is 3. The number of hydrogen-bond donors (Lipinski definition) is 0. The van der Waals surface area contributed by atoms with Crippen LogP contribution in [0.3, 0.4) is 0 Å². The van der Waals surface area contributed by atoms with E-state index in [0.717, 1.165) is 6.07 Å². The Hall–Kier alpha value is -1.10. The molecule has 18 heavy (non-hydrogen) atoms. The van der Waals surface area contributed by atoms with Crippen molar-refractivity contribution in [1.82, 2.24) is 0 Å². The molecule has 0 N–H and O–H groups in total. The zero-order valence-electron chi connectivity index (χ0n) is 9.56. The van der Waals surface area contributed by atoms with Crippen LogP contribution in [0.4, 0.5) is 13.2 Å². The van der Waals surface area contributed by atoms with E-state index in [0.29, 0.717) is 17.3 Å². The van der Waals surface area contributed by atoms with E-state index in [-0.39, 0.29) is 12.0 Å². The summed E-state index contributed by atoms with van der Waals surface area (Å²) in [5, 5.41) is 0. The number of ketones is 1. The lowest BCUT2D eigenvalue weighted by atomic mass is 9.99. The number of unbranched alkanes of at least 4 members (excludes halogenated alkanes) is 1. The molecule has 0 saturated heterocycles. The fourth-order valence-electron chi connectivity index (χ4n) is 1.54. The fraction of sp³-hybridized carbons (Fsp3) is 0.308. The Morgan fingerprint density at radius 1 is 1.39 bits per heavy atom. The highest BCUT2D eigenvalue weighted by Crippen LogP contribution is 2.34. The Balaban J connectivity index is 3.01. The molecule has 0 amide bonds. The molecule has 0 unspecified atom stereocenters. The second-order valence-corrected chi connectivity index (χ2v) is 4.71. The van der Waals surface area contributed by atoms with Crippen molar-refractivity contribution in [2.45, 2.75) is 25.4 Å². The molecule has 5 heteroatoms. The largest absolute Gasteiger partial charge is 0.417 e. The predicted molar refractivity (Wildman–Crippen MR) is 67.5 cm³/mol. The van der Waals surface area contributed by atoms with Crippen LogP contribution in [0.5, 0.6) is 0 Å². The second-order valence-electron chi connectivity index (χ2n) is 3.79. The van der Waals surface area contributed by atoms with Crippen LogP contribution >= 0.6 is 15.9 Å². The predicted octanol–water partition coefficient (Wildman–Crippen LogP) is 5.01. The minimum atomic E-state index is -4.52.